The van der Waals surface area contributed by atoms with Crippen LogP contribution in [0.2, 0.25) is 0 Å². The summed E-state index contributed by atoms with van der Waals surface area (Å²) in [4.78, 5) is 35.0. The number of amides is 2. The third-order valence-electron chi connectivity index (χ3n) is 3.18. The van der Waals surface area contributed by atoms with Gasteiger partial charge in [-0.15, -0.1) is 0 Å². The smallest absolute Gasteiger partial charge is 0.357 e. The molecule has 2 amide bonds. The molecule has 0 atom stereocenters. The zero-order chi connectivity index (χ0) is 20.4. The second kappa shape index (κ2) is 7.53. The number of hydrogen-bond donors (Lipinski definition) is 2. The maximum absolute atomic E-state index is 12.6. The molecule has 27 heavy (non-hydrogen) atoms. The molecule has 0 unspecified atom stereocenters. The summed E-state index contributed by atoms with van der Waals surface area (Å²) in [5.74, 6) is -0.893. The van der Waals surface area contributed by atoms with Crippen molar-refractivity contribution in [3.8, 4) is 6.01 Å². The predicted octanol–water partition coefficient (Wildman–Crippen LogP) is -0.472. The van der Waals surface area contributed by atoms with Gasteiger partial charge in [-0.1, -0.05) is 0 Å². The molecule has 0 bridgehead atoms. The molecule has 0 saturated heterocycles. The lowest BCUT2D eigenvalue weighted by atomic mass is 10.4. The summed E-state index contributed by atoms with van der Waals surface area (Å²) in [5, 5.41) is 6.04. The molecular formula is C13H17N7O6S. The molecule has 2 heterocycles. The molecule has 0 spiro atoms. The van der Waals surface area contributed by atoms with Crippen molar-refractivity contribution < 1.29 is 27.5 Å². The Morgan fingerprint density at radius 3 is 2.37 bits per heavy atom. The van der Waals surface area contributed by atoms with Crippen molar-refractivity contribution in [3.05, 3.63) is 17.2 Å². The van der Waals surface area contributed by atoms with E-state index in [1.165, 1.54) is 28.0 Å². The van der Waals surface area contributed by atoms with Crippen molar-refractivity contribution in [3.63, 3.8) is 0 Å². The molecule has 146 valence electrons. The minimum atomic E-state index is -4.45. The lowest BCUT2D eigenvalue weighted by molar-refractivity contribution is 0.0583. The molecule has 0 aromatic carbocycles. The first-order valence-corrected chi connectivity index (χ1v) is 8.79. The molecule has 0 aliphatic heterocycles. The number of hydrogen-bond acceptors (Lipinski definition) is 10. The van der Waals surface area contributed by atoms with Crippen molar-refractivity contribution >= 4 is 28.0 Å². The molecular weight excluding hydrogens is 382 g/mol. The minimum absolute atomic E-state index is 0.0101. The highest BCUT2D eigenvalue weighted by molar-refractivity contribution is 7.90. The minimum Gasteiger partial charge on any atom is -0.467 e. The van der Waals surface area contributed by atoms with Gasteiger partial charge in [0.15, 0.2) is 5.69 Å². The highest BCUT2D eigenvalue weighted by Crippen LogP contribution is 2.20. The van der Waals surface area contributed by atoms with E-state index in [9.17, 15) is 18.0 Å². The van der Waals surface area contributed by atoms with E-state index in [-0.39, 0.29) is 29.2 Å². The van der Waals surface area contributed by atoms with Crippen LogP contribution in [0.3, 0.4) is 0 Å². The number of nitrogens with zero attached hydrogens (tertiary/aromatic N) is 5. The number of esters is 1. The number of rotatable bonds is 5. The third kappa shape index (κ3) is 4.28. The van der Waals surface area contributed by atoms with E-state index in [0.717, 1.165) is 11.8 Å². The van der Waals surface area contributed by atoms with Gasteiger partial charge in [0.25, 0.3) is 10.0 Å². The monoisotopic (exact) mass is 399 g/mol. The number of anilines is 1. The van der Waals surface area contributed by atoms with Crippen molar-refractivity contribution in [2.75, 3.05) is 19.5 Å². The van der Waals surface area contributed by atoms with Crippen LogP contribution in [-0.4, -0.2) is 59.4 Å². The van der Waals surface area contributed by atoms with Crippen LogP contribution in [0.15, 0.2) is 4.90 Å². The maximum Gasteiger partial charge on any atom is 0.357 e. The van der Waals surface area contributed by atoms with Crippen molar-refractivity contribution in [2.24, 2.45) is 7.05 Å². The summed E-state index contributed by atoms with van der Waals surface area (Å²) in [6.07, 6.45) is 0. The number of aromatic nitrogens is 5. The number of urea groups is 1. The standard InChI is InChI=1S/C13H17N7O6S/c1-6-9(8(10(21)25-4)20(3)18-6)27(23,24)19-12(22)16-11-14-7(2)15-13(17-11)26-5/h1-5H3,(H2,14,15,16,17,19,22). The van der Waals surface area contributed by atoms with Crippen molar-refractivity contribution in [1.82, 2.24) is 29.5 Å². The number of nitrogens with one attached hydrogen (secondary N) is 2. The zero-order valence-electron chi connectivity index (χ0n) is 15.1. The lowest BCUT2D eigenvalue weighted by Gasteiger charge is -2.09. The van der Waals surface area contributed by atoms with Gasteiger partial charge in [0.1, 0.15) is 10.7 Å². The number of methoxy groups -OCH3 is 2. The Bertz CT molecular complexity index is 1000. The lowest BCUT2D eigenvalue weighted by Crippen LogP contribution is -2.36. The number of sulfonamides is 1. The van der Waals surface area contributed by atoms with Gasteiger partial charge >= 0.3 is 18.0 Å². The second-order valence-corrected chi connectivity index (χ2v) is 6.75. The number of carbonyl (C=O) groups is 2. The average molecular weight is 399 g/mol. The molecule has 2 aromatic rings. The number of ether oxygens (including phenoxy) is 2. The first-order chi connectivity index (χ1) is 12.6. The van der Waals surface area contributed by atoms with Gasteiger partial charge < -0.3 is 9.47 Å². The van der Waals surface area contributed by atoms with Gasteiger partial charge in [0, 0.05) is 7.05 Å². The van der Waals surface area contributed by atoms with Crippen LogP contribution in [0.25, 0.3) is 0 Å². The summed E-state index contributed by atoms with van der Waals surface area (Å²) >= 11 is 0. The summed E-state index contributed by atoms with van der Waals surface area (Å²) in [5.41, 5.74) is -0.316. The van der Waals surface area contributed by atoms with E-state index in [0.29, 0.717) is 0 Å². The van der Waals surface area contributed by atoms with Crippen molar-refractivity contribution in [1.29, 1.82) is 0 Å². The van der Waals surface area contributed by atoms with Gasteiger partial charge in [-0.3, -0.25) is 10.00 Å². The van der Waals surface area contributed by atoms with E-state index in [1.54, 1.807) is 4.72 Å². The highest BCUT2D eigenvalue weighted by Gasteiger charge is 2.32. The molecule has 0 fully saturated rings. The first-order valence-electron chi connectivity index (χ1n) is 7.31. The molecule has 14 heteroatoms. The predicted molar refractivity (Wildman–Crippen MR) is 89.7 cm³/mol. The highest BCUT2D eigenvalue weighted by atomic mass is 32.2. The zero-order valence-corrected chi connectivity index (χ0v) is 15.9. The summed E-state index contributed by atoms with van der Waals surface area (Å²) < 4.78 is 37.4. The Kier molecular flexibility index (Phi) is 5.58. The van der Waals surface area contributed by atoms with Gasteiger partial charge in [-0.05, 0) is 13.8 Å². The summed E-state index contributed by atoms with van der Waals surface area (Å²) in [6.45, 7) is 2.91. The van der Waals surface area contributed by atoms with Gasteiger partial charge in [0.05, 0.1) is 19.9 Å². The summed E-state index contributed by atoms with van der Waals surface area (Å²) in [6, 6.07) is -1.21. The number of carbonyl (C=O) groups excluding carboxylic acids is 2. The molecule has 0 saturated carbocycles. The van der Waals surface area contributed by atoms with Crippen LogP contribution in [0.5, 0.6) is 6.01 Å². The molecule has 13 nitrogen and oxygen atoms in total. The van der Waals surface area contributed by atoms with Crippen LogP contribution >= 0.6 is 0 Å². The quantitative estimate of drug-likeness (QED) is 0.627. The Balaban J connectivity index is 2.31. The van der Waals surface area contributed by atoms with Crippen LogP contribution < -0.4 is 14.8 Å². The molecule has 0 aliphatic carbocycles. The fraction of sp³-hybridized carbons (Fsp3) is 0.385. The fourth-order valence-corrected chi connectivity index (χ4v) is 3.48. The molecule has 2 N–H and O–H groups in total. The van der Waals surface area contributed by atoms with Crippen LogP contribution in [-0.2, 0) is 21.8 Å². The second-order valence-electron chi connectivity index (χ2n) is 5.13. The normalized spacial score (nSPS) is 11.0. The van der Waals surface area contributed by atoms with Crippen molar-refractivity contribution in [2.45, 2.75) is 18.7 Å². The average Bonchev–Trinajstić information content (AvgIpc) is 2.87. The third-order valence-corrected chi connectivity index (χ3v) is 4.66. The van der Waals surface area contributed by atoms with Gasteiger partial charge in [-0.2, -0.15) is 20.1 Å². The molecule has 2 aromatic heterocycles. The first kappa shape index (κ1) is 20.0. The summed E-state index contributed by atoms with van der Waals surface area (Å²) in [7, 11) is -0.659. The van der Waals surface area contributed by atoms with E-state index >= 15 is 0 Å². The Labute approximate surface area is 154 Å². The van der Waals surface area contributed by atoms with E-state index in [1.807, 2.05) is 0 Å². The fourth-order valence-electron chi connectivity index (χ4n) is 2.19. The Hall–Kier alpha value is -3.29. The maximum atomic E-state index is 12.6. The van der Waals surface area contributed by atoms with Crippen LogP contribution in [0.1, 0.15) is 22.0 Å². The van der Waals surface area contributed by atoms with Gasteiger partial charge in [-0.25, -0.2) is 22.7 Å². The largest absolute Gasteiger partial charge is 0.467 e. The SMILES string of the molecule is COC(=O)c1c(S(=O)(=O)NC(=O)Nc2nc(C)nc(OC)n2)c(C)nn1C. The topological polar surface area (TPSA) is 167 Å². The van der Waals surface area contributed by atoms with E-state index in [2.05, 4.69) is 30.1 Å². The Morgan fingerprint density at radius 1 is 1.11 bits per heavy atom. The van der Waals surface area contributed by atoms with E-state index < -0.39 is 26.9 Å². The molecule has 2 rings (SSSR count). The molecule has 0 aliphatic rings. The van der Waals surface area contributed by atoms with Crippen LogP contribution in [0.4, 0.5) is 10.7 Å². The van der Waals surface area contributed by atoms with Crippen LogP contribution in [0, 0.1) is 13.8 Å². The number of aryl methyl sites for hydroxylation is 3. The Morgan fingerprint density at radius 2 is 1.78 bits per heavy atom. The van der Waals surface area contributed by atoms with E-state index in [4.69, 9.17) is 4.74 Å². The molecule has 0 radical (unpaired) electrons. The van der Waals surface area contributed by atoms with Gasteiger partial charge in [0.2, 0.25) is 5.95 Å².